The Balaban J connectivity index is 1.78. The molecule has 3 rings (SSSR count). The predicted octanol–water partition coefficient (Wildman–Crippen LogP) is 2.67. The number of hydrogen-bond donors (Lipinski definition) is 0. The van der Waals surface area contributed by atoms with Crippen LogP contribution >= 0.6 is 11.3 Å². The van der Waals surface area contributed by atoms with Crippen molar-refractivity contribution >= 4 is 29.0 Å². The second-order valence-corrected chi connectivity index (χ2v) is 5.71. The van der Waals surface area contributed by atoms with Crippen LogP contribution in [-0.2, 0) is 17.8 Å². The van der Waals surface area contributed by atoms with E-state index in [2.05, 4.69) is 4.98 Å². The maximum Gasteiger partial charge on any atom is 0.332 e. The highest BCUT2D eigenvalue weighted by Crippen LogP contribution is 2.22. The van der Waals surface area contributed by atoms with Crippen molar-refractivity contribution in [1.82, 2.24) is 9.88 Å². The van der Waals surface area contributed by atoms with E-state index in [0.29, 0.717) is 0 Å². The van der Waals surface area contributed by atoms with Gasteiger partial charge in [-0.05, 0) is 18.6 Å². The summed E-state index contributed by atoms with van der Waals surface area (Å²) in [4.78, 5) is 31.7. The molecule has 1 aliphatic rings. The van der Waals surface area contributed by atoms with Crippen LogP contribution in [0.3, 0.4) is 0 Å². The number of imide groups is 1. The van der Waals surface area contributed by atoms with Crippen LogP contribution in [0.2, 0.25) is 0 Å². The van der Waals surface area contributed by atoms with Gasteiger partial charge in [0.05, 0.1) is 17.2 Å². The fraction of sp³-hybridized carbons (Fsp3) is 0.267. The van der Waals surface area contributed by atoms with Crippen LogP contribution in [0.1, 0.15) is 17.6 Å². The maximum absolute atomic E-state index is 12.4. The average molecular weight is 301 g/mol. The Bertz CT molecular complexity index is 669. The van der Waals surface area contributed by atoms with Gasteiger partial charge in [-0.25, -0.2) is 9.78 Å². The van der Waals surface area contributed by atoms with Crippen molar-refractivity contribution in [2.45, 2.75) is 19.9 Å². The Kier molecular flexibility index (Phi) is 3.70. The van der Waals surface area contributed by atoms with Gasteiger partial charge in [-0.15, -0.1) is 11.3 Å². The van der Waals surface area contributed by atoms with E-state index in [4.69, 9.17) is 0 Å². The van der Waals surface area contributed by atoms with Crippen LogP contribution in [0, 0.1) is 0 Å². The molecule has 0 atom stereocenters. The molecule has 0 unspecified atom stereocenters. The lowest BCUT2D eigenvalue weighted by molar-refractivity contribution is -0.125. The fourth-order valence-electron chi connectivity index (χ4n) is 2.25. The molecule has 1 aromatic carbocycles. The zero-order chi connectivity index (χ0) is 14.8. The van der Waals surface area contributed by atoms with Crippen molar-refractivity contribution in [3.05, 3.63) is 46.4 Å². The van der Waals surface area contributed by atoms with Gasteiger partial charge in [0, 0.05) is 11.1 Å². The van der Waals surface area contributed by atoms with Gasteiger partial charge in [0.1, 0.15) is 6.54 Å². The number of carbonyl (C=O) groups is 2. The fourth-order valence-corrected chi connectivity index (χ4v) is 2.99. The Hall–Kier alpha value is -2.21. The summed E-state index contributed by atoms with van der Waals surface area (Å²) in [5.41, 5.74) is 1.51. The highest BCUT2D eigenvalue weighted by atomic mass is 32.1. The van der Waals surface area contributed by atoms with E-state index in [-0.39, 0.29) is 25.0 Å². The molecule has 1 aliphatic heterocycles. The second kappa shape index (κ2) is 5.65. The van der Waals surface area contributed by atoms with Crippen LogP contribution in [0.25, 0.3) is 0 Å². The van der Waals surface area contributed by atoms with Gasteiger partial charge >= 0.3 is 6.03 Å². The number of aromatic nitrogens is 1. The number of carbonyl (C=O) groups excluding carboxylic acids is 2. The summed E-state index contributed by atoms with van der Waals surface area (Å²) in [5.74, 6) is -0.185. The zero-order valence-electron chi connectivity index (χ0n) is 11.7. The smallest absolute Gasteiger partial charge is 0.285 e. The summed E-state index contributed by atoms with van der Waals surface area (Å²) in [7, 11) is 0. The first-order valence-corrected chi connectivity index (χ1v) is 7.67. The number of urea groups is 1. The molecule has 1 fully saturated rings. The molecule has 3 amide bonds. The van der Waals surface area contributed by atoms with Crippen molar-refractivity contribution in [3.63, 3.8) is 0 Å². The molecule has 0 radical (unpaired) electrons. The summed E-state index contributed by atoms with van der Waals surface area (Å²) in [6.45, 7) is 2.37. The number of hydrogen-bond acceptors (Lipinski definition) is 4. The molecule has 6 heteroatoms. The van der Waals surface area contributed by atoms with Gasteiger partial charge in [-0.3, -0.25) is 14.6 Å². The number of thiazole rings is 1. The number of benzene rings is 1. The molecule has 0 aliphatic carbocycles. The van der Waals surface area contributed by atoms with Gasteiger partial charge in [-0.2, -0.15) is 0 Å². The van der Waals surface area contributed by atoms with E-state index < -0.39 is 0 Å². The molecular formula is C15H15N3O2S. The summed E-state index contributed by atoms with van der Waals surface area (Å²) in [6, 6.07) is 8.95. The van der Waals surface area contributed by atoms with E-state index in [9.17, 15) is 9.59 Å². The van der Waals surface area contributed by atoms with Crippen molar-refractivity contribution in [2.24, 2.45) is 0 Å². The molecule has 1 aromatic heterocycles. The van der Waals surface area contributed by atoms with Crippen LogP contribution in [0.5, 0.6) is 0 Å². The summed E-state index contributed by atoms with van der Waals surface area (Å²) in [5, 5.41) is 2.92. The second-order valence-electron chi connectivity index (χ2n) is 4.77. The van der Waals surface area contributed by atoms with E-state index >= 15 is 0 Å². The minimum Gasteiger partial charge on any atom is -0.285 e. The largest absolute Gasteiger partial charge is 0.332 e. The first kappa shape index (κ1) is 13.8. The monoisotopic (exact) mass is 301 g/mol. The topological polar surface area (TPSA) is 53.5 Å². The Morgan fingerprint density at radius 1 is 1.24 bits per heavy atom. The lowest BCUT2D eigenvalue weighted by Crippen LogP contribution is -2.32. The highest BCUT2D eigenvalue weighted by Gasteiger charge is 2.37. The van der Waals surface area contributed by atoms with E-state index in [1.54, 1.807) is 11.3 Å². The van der Waals surface area contributed by atoms with Crippen molar-refractivity contribution in [3.8, 4) is 0 Å². The molecule has 1 saturated heterocycles. The zero-order valence-corrected chi connectivity index (χ0v) is 12.5. The lowest BCUT2D eigenvalue weighted by Gasteiger charge is -2.16. The molecule has 2 heterocycles. The van der Waals surface area contributed by atoms with E-state index in [0.717, 1.165) is 22.8 Å². The van der Waals surface area contributed by atoms with Gasteiger partial charge in [0.25, 0.3) is 5.91 Å². The minimum absolute atomic E-state index is 0.0909. The molecule has 21 heavy (non-hydrogen) atoms. The lowest BCUT2D eigenvalue weighted by atomic mass is 10.3. The molecule has 0 spiro atoms. The van der Waals surface area contributed by atoms with Gasteiger partial charge in [0.2, 0.25) is 0 Å². The average Bonchev–Trinajstić information content (AvgIpc) is 3.08. The first-order chi connectivity index (χ1) is 10.2. The number of anilines is 1. The van der Waals surface area contributed by atoms with E-state index in [1.807, 2.05) is 42.6 Å². The molecule has 108 valence electrons. The Labute approximate surface area is 126 Å². The molecule has 0 N–H and O–H groups in total. The molecule has 0 saturated carbocycles. The normalized spacial score (nSPS) is 15.1. The first-order valence-electron chi connectivity index (χ1n) is 6.79. The van der Waals surface area contributed by atoms with Crippen LogP contribution in [0.15, 0.2) is 35.7 Å². The molecule has 5 nitrogen and oxygen atoms in total. The quantitative estimate of drug-likeness (QED) is 0.816. The summed E-state index contributed by atoms with van der Waals surface area (Å²) in [6.07, 6.45) is 0.864. The summed E-state index contributed by atoms with van der Waals surface area (Å²) >= 11 is 1.56. The SMILES string of the molecule is CCc1nc(CN2C(=O)CN(c3ccccc3)C2=O)cs1. The number of para-hydroxylation sites is 1. The van der Waals surface area contributed by atoms with Crippen LogP contribution in [-0.4, -0.2) is 28.4 Å². The van der Waals surface area contributed by atoms with Crippen LogP contribution in [0.4, 0.5) is 10.5 Å². The Morgan fingerprint density at radius 2 is 2.00 bits per heavy atom. The minimum atomic E-state index is -0.280. The van der Waals surface area contributed by atoms with Crippen molar-refractivity contribution in [1.29, 1.82) is 0 Å². The number of amides is 3. The molecule has 0 bridgehead atoms. The third-order valence-electron chi connectivity index (χ3n) is 3.35. The summed E-state index contributed by atoms with van der Waals surface area (Å²) < 4.78 is 0. The van der Waals surface area contributed by atoms with Crippen molar-refractivity contribution in [2.75, 3.05) is 11.4 Å². The number of rotatable bonds is 4. The predicted molar refractivity (Wildman–Crippen MR) is 81.2 cm³/mol. The van der Waals surface area contributed by atoms with Crippen LogP contribution < -0.4 is 4.90 Å². The number of aryl methyl sites for hydroxylation is 1. The third kappa shape index (κ3) is 2.67. The van der Waals surface area contributed by atoms with Gasteiger partial charge < -0.3 is 0 Å². The Morgan fingerprint density at radius 3 is 2.67 bits per heavy atom. The maximum atomic E-state index is 12.4. The van der Waals surface area contributed by atoms with Crippen molar-refractivity contribution < 1.29 is 9.59 Å². The van der Waals surface area contributed by atoms with Gasteiger partial charge in [-0.1, -0.05) is 25.1 Å². The number of nitrogens with zero attached hydrogens (tertiary/aromatic N) is 3. The molecular weight excluding hydrogens is 286 g/mol. The standard InChI is InChI=1S/C15H15N3O2S/c1-2-13-16-11(10-21-13)8-18-14(19)9-17(15(18)20)12-6-4-3-5-7-12/h3-7,10H,2,8-9H2,1H3. The highest BCUT2D eigenvalue weighted by molar-refractivity contribution is 7.09. The molecule has 2 aromatic rings. The third-order valence-corrected chi connectivity index (χ3v) is 4.39. The van der Waals surface area contributed by atoms with E-state index in [1.165, 1.54) is 9.80 Å². The van der Waals surface area contributed by atoms with Gasteiger partial charge in [0.15, 0.2) is 0 Å².